The molecular formula is C4H8Br2N2O. The average molecular weight is 260 g/mol. The van der Waals surface area contributed by atoms with E-state index < -0.39 is 0 Å². The van der Waals surface area contributed by atoms with E-state index in [1.807, 2.05) is 0 Å². The Bertz CT molecular complexity index is 96.6. The number of hydrogen-bond acceptors (Lipinski definition) is 2. The van der Waals surface area contributed by atoms with Gasteiger partial charge in [-0.2, -0.15) is 2.95 Å². The second kappa shape index (κ2) is 5.20. The first kappa shape index (κ1) is 9.39. The Hall–Kier alpha value is 0.390. The third-order valence-electron chi connectivity index (χ3n) is 0.655. The minimum atomic E-state index is -0.00292. The third-order valence-corrected chi connectivity index (χ3v) is 1.36. The summed E-state index contributed by atoms with van der Waals surface area (Å²) in [6.45, 7) is 2.87. The Morgan fingerprint density at radius 2 is 2.22 bits per heavy atom. The number of amides is 1. The van der Waals surface area contributed by atoms with Crippen LogP contribution in [0.25, 0.3) is 0 Å². The minimum Gasteiger partial charge on any atom is -0.355 e. The van der Waals surface area contributed by atoms with Gasteiger partial charge in [-0.15, -0.1) is 0 Å². The molecule has 3 nitrogen and oxygen atoms in total. The van der Waals surface area contributed by atoms with E-state index in [1.54, 1.807) is 2.95 Å². The van der Waals surface area contributed by atoms with Crippen LogP contribution in [0.2, 0.25) is 0 Å². The molecule has 0 bridgehead atoms. The number of nitrogens with one attached hydrogen (secondary N) is 1. The normalized spacial score (nSPS) is 9.78. The van der Waals surface area contributed by atoms with Crippen molar-refractivity contribution in [2.45, 2.75) is 6.92 Å². The summed E-state index contributed by atoms with van der Waals surface area (Å²) in [5.41, 5.74) is 0. The Morgan fingerprint density at radius 3 is 2.56 bits per heavy atom. The topological polar surface area (TPSA) is 32.3 Å². The van der Waals surface area contributed by atoms with Crippen molar-refractivity contribution in [3.8, 4) is 0 Å². The van der Waals surface area contributed by atoms with Gasteiger partial charge in [0.1, 0.15) is 0 Å². The van der Waals surface area contributed by atoms with Gasteiger partial charge in [0.25, 0.3) is 0 Å². The van der Waals surface area contributed by atoms with Crippen LogP contribution in [0.4, 0.5) is 0 Å². The molecule has 0 aromatic carbocycles. The maximum atomic E-state index is 10.3. The van der Waals surface area contributed by atoms with Crippen LogP contribution in [0.15, 0.2) is 0 Å². The molecule has 0 rings (SSSR count). The molecule has 54 valence electrons. The predicted molar refractivity (Wildman–Crippen MR) is 43.2 cm³/mol. The van der Waals surface area contributed by atoms with Gasteiger partial charge in [0.2, 0.25) is 5.91 Å². The standard InChI is InChI=1S/C4H8Br2N2O/c1-4(9)7-2-3-8(5)6/h2-3H2,1H3,(H,7,9). The maximum Gasteiger partial charge on any atom is 0.216 e. The first-order valence-corrected chi connectivity index (χ1v) is 3.88. The van der Waals surface area contributed by atoms with E-state index >= 15 is 0 Å². The molecule has 0 atom stereocenters. The van der Waals surface area contributed by atoms with Crippen LogP contribution in [-0.2, 0) is 4.79 Å². The van der Waals surface area contributed by atoms with Gasteiger partial charge in [-0.3, -0.25) is 4.79 Å². The quantitative estimate of drug-likeness (QED) is 0.769. The van der Waals surface area contributed by atoms with E-state index in [0.29, 0.717) is 6.54 Å². The van der Waals surface area contributed by atoms with E-state index in [1.165, 1.54) is 6.92 Å². The number of carbonyl (C=O) groups excluding carboxylic acids is 1. The van der Waals surface area contributed by atoms with Gasteiger partial charge in [-0.05, 0) is 0 Å². The zero-order chi connectivity index (χ0) is 7.28. The SMILES string of the molecule is CC(=O)NCCN(Br)Br. The molecule has 5 heteroatoms. The van der Waals surface area contributed by atoms with Crippen molar-refractivity contribution in [1.82, 2.24) is 8.27 Å². The molecule has 0 saturated carbocycles. The van der Waals surface area contributed by atoms with Gasteiger partial charge in [-0.1, -0.05) is 0 Å². The first-order valence-electron chi connectivity index (χ1n) is 2.46. The summed E-state index contributed by atoms with van der Waals surface area (Å²) in [7, 11) is 0. The van der Waals surface area contributed by atoms with E-state index in [9.17, 15) is 4.79 Å². The number of halogens is 2. The van der Waals surface area contributed by atoms with Gasteiger partial charge in [0, 0.05) is 52.3 Å². The van der Waals surface area contributed by atoms with Crippen molar-refractivity contribution in [3.05, 3.63) is 0 Å². The Balaban J connectivity index is 3.01. The van der Waals surface area contributed by atoms with Crippen molar-refractivity contribution in [3.63, 3.8) is 0 Å². The van der Waals surface area contributed by atoms with E-state index in [4.69, 9.17) is 0 Å². The molecule has 1 N–H and O–H groups in total. The molecule has 0 unspecified atom stereocenters. The average Bonchev–Trinajstić information content (AvgIpc) is 1.63. The summed E-state index contributed by atoms with van der Waals surface area (Å²) in [6, 6.07) is 0. The molecular weight excluding hydrogens is 252 g/mol. The molecule has 0 fully saturated rings. The first-order chi connectivity index (χ1) is 4.13. The Morgan fingerprint density at radius 1 is 1.67 bits per heavy atom. The minimum absolute atomic E-state index is 0.00292. The summed E-state index contributed by atoms with van der Waals surface area (Å²) in [4.78, 5) is 10.3. The lowest BCUT2D eigenvalue weighted by molar-refractivity contribution is -0.118. The highest BCUT2D eigenvalue weighted by molar-refractivity contribution is 9.21. The highest BCUT2D eigenvalue weighted by atomic mass is 79.9. The highest BCUT2D eigenvalue weighted by Crippen LogP contribution is 2.01. The number of hydrogen-bond donors (Lipinski definition) is 1. The van der Waals surface area contributed by atoms with E-state index in [0.717, 1.165) is 6.54 Å². The van der Waals surface area contributed by atoms with Gasteiger partial charge in [-0.25, -0.2) is 0 Å². The van der Waals surface area contributed by atoms with Crippen molar-refractivity contribution in [1.29, 1.82) is 0 Å². The molecule has 0 aliphatic carbocycles. The maximum absolute atomic E-state index is 10.3. The molecule has 0 aromatic heterocycles. The van der Waals surface area contributed by atoms with Gasteiger partial charge in [0.05, 0.1) is 0 Å². The predicted octanol–water partition coefficient (Wildman–Crippen LogP) is 1.04. The van der Waals surface area contributed by atoms with Crippen LogP contribution in [0.5, 0.6) is 0 Å². The van der Waals surface area contributed by atoms with Crippen LogP contribution in [0.1, 0.15) is 6.92 Å². The van der Waals surface area contributed by atoms with Crippen LogP contribution >= 0.6 is 32.3 Å². The Kier molecular flexibility index (Phi) is 5.42. The summed E-state index contributed by atoms with van der Waals surface area (Å²) >= 11 is 6.25. The molecule has 9 heavy (non-hydrogen) atoms. The highest BCUT2D eigenvalue weighted by Gasteiger charge is 1.93. The zero-order valence-corrected chi connectivity index (χ0v) is 8.20. The second-order valence-corrected chi connectivity index (χ2v) is 4.17. The second-order valence-electron chi connectivity index (χ2n) is 1.51. The molecule has 1 amide bonds. The zero-order valence-electron chi connectivity index (χ0n) is 5.03. The lowest BCUT2D eigenvalue weighted by Gasteiger charge is -2.03. The van der Waals surface area contributed by atoms with E-state index in [-0.39, 0.29) is 5.91 Å². The van der Waals surface area contributed by atoms with Gasteiger partial charge < -0.3 is 5.32 Å². The number of carbonyl (C=O) groups is 1. The lowest BCUT2D eigenvalue weighted by Crippen LogP contribution is -2.25. The fourth-order valence-electron chi connectivity index (χ4n) is 0.316. The van der Waals surface area contributed by atoms with Crippen LogP contribution < -0.4 is 5.32 Å². The van der Waals surface area contributed by atoms with Crippen molar-refractivity contribution < 1.29 is 4.79 Å². The van der Waals surface area contributed by atoms with Gasteiger partial charge >= 0.3 is 0 Å². The fourth-order valence-corrected chi connectivity index (χ4v) is 0.671. The van der Waals surface area contributed by atoms with Crippen molar-refractivity contribution in [2.75, 3.05) is 13.1 Å². The molecule has 0 aromatic rings. The van der Waals surface area contributed by atoms with Crippen LogP contribution in [0.3, 0.4) is 0 Å². The summed E-state index contributed by atoms with van der Waals surface area (Å²) < 4.78 is 1.65. The monoisotopic (exact) mass is 258 g/mol. The van der Waals surface area contributed by atoms with Gasteiger partial charge in [0.15, 0.2) is 0 Å². The molecule has 0 aliphatic rings. The molecule has 0 spiro atoms. The largest absolute Gasteiger partial charge is 0.355 e. The van der Waals surface area contributed by atoms with Crippen molar-refractivity contribution >= 4 is 38.2 Å². The third kappa shape index (κ3) is 8.39. The molecule has 0 radical (unpaired) electrons. The van der Waals surface area contributed by atoms with Crippen LogP contribution in [0, 0.1) is 0 Å². The van der Waals surface area contributed by atoms with Crippen molar-refractivity contribution in [2.24, 2.45) is 0 Å². The fraction of sp³-hybridized carbons (Fsp3) is 0.750. The van der Waals surface area contributed by atoms with E-state index in [2.05, 4.69) is 37.6 Å². The summed E-state index contributed by atoms with van der Waals surface area (Å²) in [5, 5.41) is 2.64. The lowest BCUT2D eigenvalue weighted by atomic mass is 10.6. The number of nitrogens with zero attached hydrogens (tertiary/aromatic N) is 1. The summed E-state index contributed by atoms with van der Waals surface area (Å²) in [6.07, 6.45) is 0. The summed E-state index contributed by atoms with van der Waals surface area (Å²) in [5.74, 6) is -0.00292. The smallest absolute Gasteiger partial charge is 0.216 e. The molecule has 0 saturated heterocycles. The molecule has 0 aliphatic heterocycles. The molecule has 0 heterocycles. The Labute approximate surface area is 71.5 Å². The van der Waals surface area contributed by atoms with Crippen LogP contribution in [-0.4, -0.2) is 21.9 Å². The number of rotatable bonds is 3.